The van der Waals surface area contributed by atoms with E-state index in [-0.39, 0.29) is 5.91 Å². The zero-order valence-electron chi connectivity index (χ0n) is 16.8. The van der Waals surface area contributed by atoms with Crippen LogP contribution < -0.4 is 5.32 Å². The van der Waals surface area contributed by atoms with Gasteiger partial charge in [0.05, 0.1) is 5.69 Å². The molecule has 4 nitrogen and oxygen atoms in total. The first-order valence-electron chi connectivity index (χ1n) is 9.83. The van der Waals surface area contributed by atoms with Crippen LogP contribution in [0.25, 0.3) is 33.3 Å². The molecule has 29 heavy (non-hydrogen) atoms. The number of benzene rings is 3. The van der Waals surface area contributed by atoms with E-state index in [0.29, 0.717) is 12.1 Å². The molecule has 0 saturated carbocycles. The Bertz CT molecular complexity index is 1110. The number of fused-ring (bicyclic) bond motifs is 1. The molecule has 0 atom stereocenters. The van der Waals surface area contributed by atoms with Crippen LogP contribution in [0.1, 0.15) is 10.4 Å². The van der Waals surface area contributed by atoms with Crippen LogP contribution in [0.15, 0.2) is 78.9 Å². The first-order valence-corrected chi connectivity index (χ1v) is 9.83. The van der Waals surface area contributed by atoms with Gasteiger partial charge in [-0.15, -0.1) is 0 Å². The van der Waals surface area contributed by atoms with Crippen molar-refractivity contribution in [2.45, 2.75) is 0 Å². The number of hydrogen-bond acceptors (Lipinski definition) is 2. The summed E-state index contributed by atoms with van der Waals surface area (Å²) in [5.74, 6) is -0.0461. The van der Waals surface area contributed by atoms with Crippen molar-refractivity contribution in [1.82, 2.24) is 15.2 Å². The van der Waals surface area contributed by atoms with Gasteiger partial charge < -0.3 is 15.2 Å². The first-order chi connectivity index (χ1) is 14.1. The average Bonchev–Trinajstić information content (AvgIpc) is 3.13. The van der Waals surface area contributed by atoms with Crippen LogP contribution in [0.5, 0.6) is 0 Å². The summed E-state index contributed by atoms with van der Waals surface area (Å²) in [5.41, 5.74) is 6.13. The van der Waals surface area contributed by atoms with Crippen LogP contribution in [-0.4, -0.2) is 43.0 Å². The number of rotatable bonds is 6. The molecule has 0 bridgehead atoms. The smallest absolute Gasteiger partial charge is 0.251 e. The second-order valence-corrected chi connectivity index (χ2v) is 7.43. The molecule has 146 valence electrons. The van der Waals surface area contributed by atoms with Gasteiger partial charge in [-0.2, -0.15) is 0 Å². The minimum Gasteiger partial charge on any atom is -0.354 e. The molecule has 1 amide bonds. The number of carbonyl (C=O) groups is 1. The summed E-state index contributed by atoms with van der Waals surface area (Å²) >= 11 is 0. The minimum atomic E-state index is -0.0461. The van der Waals surface area contributed by atoms with Crippen molar-refractivity contribution in [2.75, 3.05) is 27.2 Å². The van der Waals surface area contributed by atoms with Gasteiger partial charge in [0.15, 0.2) is 0 Å². The van der Waals surface area contributed by atoms with Crippen LogP contribution in [0.2, 0.25) is 0 Å². The molecule has 1 aromatic heterocycles. The Morgan fingerprint density at radius 1 is 0.897 bits per heavy atom. The van der Waals surface area contributed by atoms with Gasteiger partial charge in [0, 0.05) is 35.1 Å². The maximum atomic E-state index is 12.7. The minimum absolute atomic E-state index is 0.0461. The van der Waals surface area contributed by atoms with Gasteiger partial charge in [-0.1, -0.05) is 60.7 Å². The Labute approximate surface area is 171 Å². The molecule has 1 heterocycles. The quantitative estimate of drug-likeness (QED) is 0.503. The molecule has 0 spiro atoms. The molecular weight excluding hydrogens is 358 g/mol. The summed E-state index contributed by atoms with van der Waals surface area (Å²) < 4.78 is 0. The summed E-state index contributed by atoms with van der Waals surface area (Å²) in [5, 5.41) is 4.05. The van der Waals surface area contributed by atoms with Crippen molar-refractivity contribution in [1.29, 1.82) is 0 Å². The molecule has 2 N–H and O–H groups in total. The van der Waals surface area contributed by atoms with Crippen LogP contribution in [0.4, 0.5) is 0 Å². The van der Waals surface area contributed by atoms with E-state index >= 15 is 0 Å². The topological polar surface area (TPSA) is 48.1 Å². The molecule has 0 saturated heterocycles. The Morgan fingerprint density at radius 2 is 1.55 bits per heavy atom. The predicted molar refractivity (Wildman–Crippen MR) is 120 cm³/mol. The molecule has 0 unspecified atom stereocenters. The normalized spacial score (nSPS) is 11.1. The SMILES string of the molecule is CN(C)CCNC(=O)c1ccc2[nH]c(-c3ccccc3)c(-c3ccccc3)c2c1. The second-order valence-electron chi connectivity index (χ2n) is 7.43. The summed E-state index contributed by atoms with van der Waals surface area (Å²) in [4.78, 5) is 18.3. The average molecular weight is 383 g/mol. The molecule has 0 radical (unpaired) electrons. The summed E-state index contributed by atoms with van der Waals surface area (Å²) in [7, 11) is 3.99. The van der Waals surface area contributed by atoms with Crippen molar-refractivity contribution in [2.24, 2.45) is 0 Å². The van der Waals surface area contributed by atoms with E-state index in [1.54, 1.807) is 0 Å². The molecule has 4 aromatic rings. The Balaban J connectivity index is 1.80. The number of H-pyrrole nitrogens is 1. The number of likely N-dealkylation sites (N-methyl/N-ethyl adjacent to an activating group) is 1. The molecule has 0 fully saturated rings. The maximum absolute atomic E-state index is 12.7. The Hall–Kier alpha value is -3.37. The van der Waals surface area contributed by atoms with E-state index in [1.807, 2.05) is 68.7 Å². The van der Waals surface area contributed by atoms with Gasteiger partial charge in [-0.3, -0.25) is 4.79 Å². The predicted octanol–water partition coefficient (Wildman–Crippen LogP) is 4.79. The van der Waals surface area contributed by atoms with Crippen LogP contribution in [-0.2, 0) is 0 Å². The van der Waals surface area contributed by atoms with Crippen molar-refractivity contribution in [3.8, 4) is 22.4 Å². The highest BCUT2D eigenvalue weighted by molar-refractivity contribution is 6.07. The lowest BCUT2D eigenvalue weighted by molar-refractivity contribution is 0.0951. The molecule has 3 aromatic carbocycles. The monoisotopic (exact) mass is 383 g/mol. The lowest BCUT2D eigenvalue weighted by atomic mass is 9.97. The highest BCUT2D eigenvalue weighted by Gasteiger charge is 2.16. The number of nitrogens with one attached hydrogen (secondary N) is 2. The third kappa shape index (κ3) is 4.08. The van der Waals surface area contributed by atoms with Crippen LogP contribution in [0.3, 0.4) is 0 Å². The fourth-order valence-corrected chi connectivity index (χ4v) is 3.55. The standard InChI is InChI=1S/C25H25N3O/c1-28(2)16-15-26-25(29)20-13-14-22-21(17-20)23(18-9-5-3-6-10-18)24(27-22)19-11-7-4-8-12-19/h3-14,17,27H,15-16H2,1-2H3,(H,26,29). The van der Waals surface area contributed by atoms with E-state index in [4.69, 9.17) is 0 Å². The third-order valence-electron chi connectivity index (χ3n) is 5.03. The van der Waals surface area contributed by atoms with E-state index in [2.05, 4.69) is 39.5 Å². The fraction of sp³-hybridized carbons (Fsp3) is 0.160. The zero-order valence-corrected chi connectivity index (χ0v) is 16.8. The zero-order chi connectivity index (χ0) is 20.2. The van der Waals surface area contributed by atoms with Crippen LogP contribution in [0, 0.1) is 0 Å². The van der Waals surface area contributed by atoms with Gasteiger partial charge in [-0.05, 0) is 43.4 Å². The molecule has 0 aliphatic carbocycles. The van der Waals surface area contributed by atoms with E-state index in [9.17, 15) is 4.79 Å². The second kappa shape index (κ2) is 8.33. The van der Waals surface area contributed by atoms with Crippen molar-refractivity contribution >= 4 is 16.8 Å². The lowest BCUT2D eigenvalue weighted by Crippen LogP contribution is -2.31. The highest BCUT2D eigenvalue weighted by atomic mass is 16.1. The third-order valence-corrected chi connectivity index (χ3v) is 5.03. The number of aromatic amines is 1. The van der Waals surface area contributed by atoms with E-state index in [0.717, 1.165) is 39.8 Å². The first kappa shape index (κ1) is 19.0. The molecular formula is C25H25N3O. The summed E-state index contributed by atoms with van der Waals surface area (Å²) in [6.07, 6.45) is 0. The van der Waals surface area contributed by atoms with Gasteiger partial charge in [0.1, 0.15) is 0 Å². The summed E-state index contributed by atoms with van der Waals surface area (Å²) in [6, 6.07) is 26.5. The van der Waals surface area contributed by atoms with Crippen molar-refractivity contribution < 1.29 is 4.79 Å². The van der Waals surface area contributed by atoms with E-state index < -0.39 is 0 Å². The fourth-order valence-electron chi connectivity index (χ4n) is 3.55. The number of hydrogen-bond donors (Lipinski definition) is 2. The van der Waals surface area contributed by atoms with Gasteiger partial charge in [0.25, 0.3) is 5.91 Å². The Morgan fingerprint density at radius 3 is 2.21 bits per heavy atom. The molecule has 0 aliphatic rings. The molecule has 4 rings (SSSR count). The maximum Gasteiger partial charge on any atom is 0.251 e. The van der Waals surface area contributed by atoms with Crippen molar-refractivity contribution in [3.05, 3.63) is 84.4 Å². The highest BCUT2D eigenvalue weighted by Crippen LogP contribution is 2.38. The van der Waals surface area contributed by atoms with Crippen molar-refractivity contribution in [3.63, 3.8) is 0 Å². The van der Waals surface area contributed by atoms with Gasteiger partial charge >= 0.3 is 0 Å². The van der Waals surface area contributed by atoms with Crippen LogP contribution >= 0.6 is 0 Å². The van der Waals surface area contributed by atoms with E-state index in [1.165, 1.54) is 0 Å². The van der Waals surface area contributed by atoms with Gasteiger partial charge in [0.2, 0.25) is 0 Å². The molecule has 4 heteroatoms. The summed E-state index contributed by atoms with van der Waals surface area (Å²) in [6.45, 7) is 1.43. The largest absolute Gasteiger partial charge is 0.354 e. The van der Waals surface area contributed by atoms with Gasteiger partial charge in [-0.25, -0.2) is 0 Å². The number of nitrogens with zero attached hydrogens (tertiary/aromatic N) is 1. The number of carbonyl (C=O) groups excluding carboxylic acids is 1. The Kier molecular flexibility index (Phi) is 5.45. The lowest BCUT2D eigenvalue weighted by Gasteiger charge is -2.10. The number of amides is 1. The molecule has 0 aliphatic heterocycles. The number of aromatic nitrogens is 1.